The Hall–Kier alpha value is -2.07. The summed E-state index contributed by atoms with van der Waals surface area (Å²) in [5, 5.41) is 0.342. The number of hydrogen-bond donors (Lipinski definition) is 1. The molecular weight excluding hydrogens is 291 g/mol. The lowest BCUT2D eigenvalue weighted by Gasteiger charge is -2.30. The van der Waals surface area contributed by atoms with Crippen LogP contribution >= 0.6 is 11.6 Å². The van der Waals surface area contributed by atoms with Crippen molar-refractivity contribution in [2.75, 3.05) is 10.6 Å². The first-order valence-corrected chi connectivity index (χ1v) is 7.05. The third kappa shape index (κ3) is 2.72. The first-order chi connectivity index (χ1) is 10.0. The van der Waals surface area contributed by atoms with E-state index in [1.54, 1.807) is 23.1 Å². The molecule has 0 aliphatic carbocycles. The molecule has 1 aliphatic rings. The fourth-order valence-corrected chi connectivity index (χ4v) is 2.73. The van der Waals surface area contributed by atoms with Crippen molar-refractivity contribution in [3.05, 3.63) is 58.4 Å². The van der Waals surface area contributed by atoms with Crippen molar-refractivity contribution < 1.29 is 9.18 Å². The largest absolute Gasteiger partial charge is 0.399 e. The van der Waals surface area contributed by atoms with Crippen molar-refractivity contribution >= 4 is 28.9 Å². The van der Waals surface area contributed by atoms with E-state index in [1.807, 2.05) is 12.1 Å². The van der Waals surface area contributed by atoms with Crippen LogP contribution in [0.4, 0.5) is 15.8 Å². The highest BCUT2D eigenvalue weighted by molar-refractivity contribution is 6.30. The molecule has 1 aliphatic heterocycles. The van der Waals surface area contributed by atoms with Gasteiger partial charge in [-0.25, -0.2) is 4.39 Å². The molecule has 3 rings (SSSR count). The van der Waals surface area contributed by atoms with Gasteiger partial charge in [0.15, 0.2) is 0 Å². The summed E-state index contributed by atoms with van der Waals surface area (Å²) in [4.78, 5) is 13.8. The monoisotopic (exact) mass is 304 g/mol. The van der Waals surface area contributed by atoms with E-state index in [4.69, 9.17) is 17.3 Å². The van der Waals surface area contributed by atoms with Gasteiger partial charge >= 0.3 is 0 Å². The number of carbonyl (C=O) groups excluding carboxylic acids is 1. The van der Waals surface area contributed by atoms with Gasteiger partial charge in [0.25, 0.3) is 0 Å². The highest BCUT2D eigenvalue weighted by atomic mass is 35.5. The number of fused-ring (bicyclic) bond motifs is 1. The minimum Gasteiger partial charge on any atom is -0.399 e. The highest BCUT2D eigenvalue weighted by Gasteiger charge is 2.25. The number of rotatable bonds is 2. The van der Waals surface area contributed by atoms with Crippen LogP contribution in [0.5, 0.6) is 0 Å². The Kier molecular flexibility index (Phi) is 3.55. The molecule has 21 heavy (non-hydrogen) atoms. The minimum absolute atomic E-state index is 0.0124. The molecule has 2 aromatic carbocycles. The van der Waals surface area contributed by atoms with E-state index in [2.05, 4.69) is 0 Å². The molecule has 3 nitrogen and oxygen atoms in total. The summed E-state index contributed by atoms with van der Waals surface area (Å²) >= 11 is 5.75. The molecule has 0 fully saturated rings. The van der Waals surface area contributed by atoms with Gasteiger partial charge in [-0.05, 0) is 42.3 Å². The zero-order valence-electron chi connectivity index (χ0n) is 11.3. The summed E-state index contributed by atoms with van der Waals surface area (Å²) in [5.41, 5.74) is 8.70. The number of anilines is 2. The van der Waals surface area contributed by atoms with Crippen molar-refractivity contribution in [1.29, 1.82) is 0 Å². The lowest BCUT2D eigenvalue weighted by Crippen LogP contribution is -2.34. The van der Waals surface area contributed by atoms with Crippen molar-refractivity contribution in [2.24, 2.45) is 0 Å². The van der Waals surface area contributed by atoms with Gasteiger partial charge in [-0.3, -0.25) is 4.79 Å². The maximum absolute atomic E-state index is 13.9. The first kappa shape index (κ1) is 13.9. The molecule has 0 atom stereocenters. The predicted octanol–water partition coefficient (Wildman–Crippen LogP) is 3.54. The third-order valence-electron chi connectivity index (χ3n) is 3.65. The number of hydrogen-bond acceptors (Lipinski definition) is 2. The molecule has 2 N–H and O–H groups in total. The number of aryl methyl sites for hydroxylation is 1. The molecule has 5 heteroatoms. The molecule has 0 saturated carbocycles. The number of nitrogens with zero attached hydrogens (tertiary/aromatic N) is 1. The zero-order chi connectivity index (χ0) is 15.0. The molecule has 108 valence electrons. The number of nitrogen functional groups attached to an aromatic ring is 1. The topological polar surface area (TPSA) is 46.3 Å². The Morgan fingerprint density at radius 1 is 1.19 bits per heavy atom. The van der Waals surface area contributed by atoms with E-state index in [9.17, 15) is 9.18 Å². The standard InChI is InChI=1S/C16H14ClFN2O/c17-12-3-1-11(14(18)8-12)9-20-15-5-4-13(19)7-10(15)2-6-16(20)21/h1,3-5,7-8H,2,6,9,19H2. The number of nitrogens with two attached hydrogens (primary N) is 1. The van der Waals surface area contributed by atoms with Gasteiger partial charge in [-0.15, -0.1) is 0 Å². The Labute approximate surface area is 127 Å². The number of carbonyl (C=O) groups is 1. The van der Waals surface area contributed by atoms with Crippen LogP contribution in [0.1, 0.15) is 17.5 Å². The number of halogens is 2. The van der Waals surface area contributed by atoms with Gasteiger partial charge in [0.1, 0.15) is 5.82 Å². The first-order valence-electron chi connectivity index (χ1n) is 6.67. The second kappa shape index (κ2) is 5.37. The van der Waals surface area contributed by atoms with Crippen LogP contribution in [-0.2, 0) is 17.8 Å². The van der Waals surface area contributed by atoms with E-state index < -0.39 is 5.82 Å². The van der Waals surface area contributed by atoms with Crippen LogP contribution in [0, 0.1) is 5.82 Å². The molecule has 0 unspecified atom stereocenters. The molecule has 0 spiro atoms. The van der Waals surface area contributed by atoms with Crippen LogP contribution in [-0.4, -0.2) is 5.91 Å². The van der Waals surface area contributed by atoms with E-state index in [0.717, 1.165) is 11.3 Å². The summed E-state index contributed by atoms with van der Waals surface area (Å²) in [6.45, 7) is 0.193. The second-order valence-electron chi connectivity index (χ2n) is 5.10. The molecular formula is C16H14ClFN2O. The number of benzene rings is 2. The normalized spacial score (nSPS) is 14.2. The van der Waals surface area contributed by atoms with Gasteiger partial charge in [0.05, 0.1) is 6.54 Å². The lowest BCUT2D eigenvalue weighted by atomic mass is 9.99. The SMILES string of the molecule is Nc1ccc2c(c1)CCC(=O)N2Cc1ccc(Cl)cc1F. The zero-order valence-corrected chi connectivity index (χ0v) is 12.0. The predicted molar refractivity (Wildman–Crippen MR) is 81.8 cm³/mol. The highest BCUT2D eigenvalue weighted by Crippen LogP contribution is 2.31. The minimum atomic E-state index is -0.405. The smallest absolute Gasteiger partial charge is 0.227 e. The summed E-state index contributed by atoms with van der Waals surface area (Å²) < 4.78 is 13.9. The Bertz CT molecular complexity index is 717. The van der Waals surface area contributed by atoms with Gasteiger partial charge < -0.3 is 10.6 Å². The van der Waals surface area contributed by atoms with Crippen LogP contribution in [0.2, 0.25) is 5.02 Å². The van der Waals surface area contributed by atoms with Gasteiger partial charge in [0, 0.05) is 28.4 Å². The lowest BCUT2D eigenvalue weighted by molar-refractivity contribution is -0.119. The van der Waals surface area contributed by atoms with Crippen molar-refractivity contribution in [3.63, 3.8) is 0 Å². The van der Waals surface area contributed by atoms with Crippen molar-refractivity contribution in [2.45, 2.75) is 19.4 Å². The van der Waals surface area contributed by atoms with E-state index in [-0.39, 0.29) is 12.5 Å². The maximum Gasteiger partial charge on any atom is 0.227 e. The van der Waals surface area contributed by atoms with Crippen LogP contribution in [0.25, 0.3) is 0 Å². The molecule has 0 bridgehead atoms. The van der Waals surface area contributed by atoms with E-state index >= 15 is 0 Å². The fraction of sp³-hybridized carbons (Fsp3) is 0.188. The molecule has 1 heterocycles. The quantitative estimate of drug-likeness (QED) is 0.863. The Morgan fingerprint density at radius 2 is 2.00 bits per heavy atom. The van der Waals surface area contributed by atoms with Gasteiger partial charge in [0.2, 0.25) is 5.91 Å². The maximum atomic E-state index is 13.9. The number of amides is 1. The fourth-order valence-electron chi connectivity index (χ4n) is 2.57. The van der Waals surface area contributed by atoms with Crippen LogP contribution < -0.4 is 10.6 Å². The molecule has 1 amide bonds. The van der Waals surface area contributed by atoms with E-state index in [0.29, 0.717) is 29.1 Å². The van der Waals surface area contributed by atoms with Crippen LogP contribution in [0.15, 0.2) is 36.4 Å². The summed E-state index contributed by atoms with van der Waals surface area (Å²) in [5.74, 6) is -0.417. The molecule has 2 aromatic rings. The Morgan fingerprint density at radius 3 is 2.76 bits per heavy atom. The summed E-state index contributed by atoms with van der Waals surface area (Å²) in [6, 6.07) is 9.93. The van der Waals surface area contributed by atoms with E-state index in [1.165, 1.54) is 6.07 Å². The average molecular weight is 305 g/mol. The van der Waals surface area contributed by atoms with Crippen molar-refractivity contribution in [3.8, 4) is 0 Å². The summed E-state index contributed by atoms with van der Waals surface area (Å²) in [7, 11) is 0. The average Bonchev–Trinajstić information content (AvgIpc) is 2.44. The van der Waals surface area contributed by atoms with Crippen molar-refractivity contribution in [1.82, 2.24) is 0 Å². The molecule has 0 radical (unpaired) electrons. The second-order valence-corrected chi connectivity index (χ2v) is 5.54. The Balaban J connectivity index is 1.96. The third-order valence-corrected chi connectivity index (χ3v) is 3.88. The van der Waals surface area contributed by atoms with Crippen LogP contribution in [0.3, 0.4) is 0 Å². The van der Waals surface area contributed by atoms with Gasteiger partial charge in [-0.1, -0.05) is 17.7 Å². The van der Waals surface area contributed by atoms with Gasteiger partial charge in [-0.2, -0.15) is 0 Å². The molecule has 0 aromatic heterocycles. The molecule has 0 saturated heterocycles. The summed E-state index contributed by atoms with van der Waals surface area (Å²) in [6.07, 6.45) is 1.07.